The zero-order chi connectivity index (χ0) is 29.1. The molecule has 5 rings (SSSR count). The first-order chi connectivity index (χ1) is 18.7. The molecule has 9 heteroatoms. The zero-order valence-electron chi connectivity index (χ0n) is 23.3. The molecule has 0 radical (unpaired) electrons. The number of ether oxygens (including phenoxy) is 1. The smallest absolute Gasteiger partial charge is 0.269 e. The molecule has 1 aliphatic heterocycles. The van der Waals surface area contributed by atoms with Crippen LogP contribution in [0.3, 0.4) is 0 Å². The number of carbonyl (C=O) groups excluding carboxylic acids is 2. The van der Waals surface area contributed by atoms with Crippen LogP contribution in [0.1, 0.15) is 70.4 Å². The van der Waals surface area contributed by atoms with Crippen LogP contribution in [0.2, 0.25) is 0 Å². The van der Waals surface area contributed by atoms with E-state index in [0.717, 1.165) is 46.5 Å². The molecule has 1 heterocycles. The molecule has 0 unspecified atom stereocenters. The van der Waals surface area contributed by atoms with Crippen LogP contribution in [0.25, 0.3) is 0 Å². The number of rotatable bonds is 5. The molecular formula is C31H32Br2N2O5. The third kappa shape index (κ3) is 5.30. The largest absolute Gasteiger partial charge is 0.487 e. The Hall–Kier alpha value is -2.78. The van der Waals surface area contributed by atoms with Crippen molar-refractivity contribution in [2.24, 2.45) is 10.8 Å². The Labute approximate surface area is 251 Å². The highest BCUT2D eigenvalue weighted by Gasteiger charge is 2.48. The number of nitrogens with zero attached hydrogens (tertiary/aromatic N) is 2. The van der Waals surface area contributed by atoms with Gasteiger partial charge in [0.1, 0.15) is 12.4 Å². The number of carbonyl (C=O) groups is 2. The van der Waals surface area contributed by atoms with Gasteiger partial charge in [0.2, 0.25) is 0 Å². The van der Waals surface area contributed by atoms with Gasteiger partial charge in [-0.2, -0.15) is 0 Å². The van der Waals surface area contributed by atoms with Crippen molar-refractivity contribution < 1.29 is 19.2 Å². The maximum Gasteiger partial charge on any atom is 0.269 e. The van der Waals surface area contributed by atoms with Crippen LogP contribution in [-0.4, -0.2) is 28.4 Å². The van der Waals surface area contributed by atoms with Crippen LogP contribution < -0.4 is 4.74 Å². The first-order valence-electron chi connectivity index (χ1n) is 13.3. The number of hydrogen-bond donors (Lipinski definition) is 0. The predicted octanol–water partition coefficient (Wildman–Crippen LogP) is 8.01. The van der Waals surface area contributed by atoms with Crippen LogP contribution in [0.5, 0.6) is 5.75 Å². The molecule has 3 aliphatic rings. The maximum absolute atomic E-state index is 13.7. The van der Waals surface area contributed by atoms with Gasteiger partial charge in [-0.15, -0.1) is 0 Å². The van der Waals surface area contributed by atoms with E-state index in [1.807, 2.05) is 19.2 Å². The van der Waals surface area contributed by atoms with E-state index < -0.39 is 10.8 Å². The molecule has 2 aromatic carbocycles. The first-order valence-corrected chi connectivity index (χ1v) is 14.9. The molecule has 0 bridgehead atoms. The maximum atomic E-state index is 13.7. The second kappa shape index (κ2) is 10.2. The monoisotopic (exact) mass is 670 g/mol. The van der Waals surface area contributed by atoms with Gasteiger partial charge in [-0.3, -0.25) is 19.7 Å². The van der Waals surface area contributed by atoms with E-state index in [0.29, 0.717) is 27.5 Å². The average Bonchev–Trinajstić information content (AvgIpc) is 2.83. The second-order valence-electron chi connectivity index (χ2n) is 12.6. The van der Waals surface area contributed by atoms with E-state index in [1.54, 1.807) is 12.1 Å². The molecule has 40 heavy (non-hydrogen) atoms. The van der Waals surface area contributed by atoms with Gasteiger partial charge >= 0.3 is 0 Å². The summed E-state index contributed by atoms with van der Waals surface area (Å²) >= 11 is 7.33. The Morgan fingerprint density at radius 2 is 1.38 bits per heavy atom. The van der Waals surface area contributed by atoms with Crippen LogP contribution in [0.15, 0.2) is 67.9 Å². The Bertz CT molecular complexity index is 1430. The Morgan fingerprint density at radius 1 is 0.900 bits per heavy atom. The Morgan fingerprint density at radius 3 is 1.82 bits per heavy atom. The van der Waals surface area contributed by atoms with Gasteiger partial charge in [0.05, 0.1) is 13.9 Å². The molecule has 7 nitrogen and oxygen atoms in total. The van der Waals surface area contributed by atoms with Crippen molar-refractivity contribution in [2.45, 2.75) is 65.9 Å². The third-order valence-electron chi connectivity index (χ3n) is 8.06. The SMILES string of the molecule is CN1C2=C(C(=O)CC(C)(C)C2)C(c2cc(Br)c(OCc3ccc([N+](=O)[O-])cc3)c(Br)c2)C2=C1CC(C)(C)CC2=O. The summed E-state index contributed by atoms with van der Waals surface area (Å²) in [5.74, 6) is 0.325. The van der Waals surface area contributed by atoms with Gasteiger partial charge in [-0.1, -0.05) is 27.7 Å². The van der Waals surface area contributed by atoms with E-state index in [1.165, 1.54) is 12.1 Å². The molecule has 0 atom stereocenters. The summed E-state index contributed by atoms with van der Waals surface area (Å²) in [4.78, 5) is 40.1. The summed E-state index contributed by atoms with van der Waals surface area (Å²) in [6, 6.07) is 10.1. The van der Waals surface area contributed by atoms with Crippen LogP contribution in [-0.2, 0) is 16.2 Å². The molecule has 0 saturated carbocycles. The summed E-state index contributed by atoms with van der Waals surface area (Å²) in [7, 11) is 2.01. The number of Topliss-reactive ketones (excluding diaryl/α,β-unsaturated/α-hetero) is 2. The summed E-state index contributed by atoms with van der Waals surface area (Å²) in [6.45, 7) is 8.72. The topological polar surface area (TPSA) is 89.8 Å². The fraction of sp³-hybridized carbons (Fsp3) is 0.419. The van der Waals surface area contributed by atoms with Gasteiger partial charge in [-0.25, -0.2) is 0 Å². The van der Waals surface area contributed by atoms with E-state index in [9.17, 15) is 19.7 Å². The van der Waals surface area contributed by atoms with E-state index >= 15 is 0 Å². The van der Waals surface area contributed by atoms with Crippen molar-refractivity contribution in [3.63, 3.8) is 0 Å². The molecule has 0 saturated heterocycles. The van der Waals surface area contributed by atoms with E-state index in [-0.39, 0.29) is 34.7 Å². The molecule has 2 aromatic rings. The van der Waals surface area contributed by atoms with Gasteiger partial charge in [0.25, 0.3) is 5.69 Å². The van der Waals surface area contributed by atoms with Crippen molar-refractivity contribution in [1.82, 2.24) is 4.90 Å². The summed E-state index contributed by atoms with van der Waals surface area (Å²) < 4.78 is 7.47. The summed E-state index contributed by atoms with van der Waals surface area (Å²) in [5, 5.41) is 11.0. The number of non-ortho nitro benzene ring substituents is 1. The minimum absolute atomic E-state index is 0.0252. The van der Waals surface area contributed by atoms with Gasteiger partial charge in [0, 0.05) is 60.5 Å². The molecule has 0 spiro atoms. The van der Waals surface area contributed by atoms with Crippen LogP contribution in [0, 0.1) is 20.9 Å². The van der Waals surface area contributed by atoms with Crippen LogP contribution >= 0.6 is 31.9 Å². The van der Waals surface area contributed by atoms with Gasteiger partial charge in [0.15, 0.2) is 11.6 Å². The van der Waals surface area contributed by atoms with Crippen molar-refractivity contribution in [1.29, 1.82) is 0 Å². The quantitative estimate of drug-likeness (QED) is 0.236. The molecular weight excluding hydrogens is 640 g/mol. The molecule has 0 N–H and O–H groups in total. The molecule has 2 aliphatic carbocycles. The lowest BCUT2D eigenvalue weighted by Crippen LogP contribution is -2.43. The van der Waals surface area contributed by atoms with Crippen molar-refractivity contribution in [2.75, 3.05) is 7.05 Å². The third-order valence-corrected chi connectivity index (χ3v) is 9.24. The molecule has 210 valence electrons. The fourth-order valence-corrected chi connectivity index (χ4v) is 7.70. The number of nitro groups is 1. The number of ketones is 2. The minimum Gasteiger partial charge on any atom is -0.487 e. The highest BCUT2D eigenvalue weighted by atomic mass is 79.9. The van der Waals surface area contributed by atoms with Gasteiger partial charge < -0.3 is 9.64 Å². The number of halogens is 2. The lowest BCUT2D eigenvalue weighted by atomic mass is 9.64. The number of benzene rings is 2. The number of nitro benzene ring substituents is 1. The first kappa shape index (κ1) is 28.7. The zero-order valence-corrected chi connectivity index (χ0v) is 26.4. The van der Waals surface area contributed by atoms with Crippen molar-refractivity contribution in [3.8, 4) is 5.75 Å². The lowest BCUT2D eigenvalue weighted by Gasteiger charge is -2.48. The van der Waals surface area contributed by atoms with E-state index in [4.69, 9.17) is 4.74 Å². The number of allylic oxidation sites excluding steroid dienone is 4. The summed E-state index contributed by atoms with van der Waals surface area (Å²) in [5.41, 5.74) is 4.85. The second-order valence-corrected chi connectivity index (χ2v) is 14.3. The predicted molar refractivity (Wildman–Crippen MR) is 160 cm³/mol. The number of hydrogen-bond acceptors (Lipinski definition) is 6. The Balaban J connectivity index is 1.55. The van der Waals surface area contributed by atoms with Crippen LogP contribution in [0.4, 0.5) is 5.69 Å². The van der Waals surface area contributed by atoms with Gasteiger partial charge in [-0.05, 0) is 90.9 Å². The molecule has 0 aromatic heterocycles. The highest BCUT2D eigenvalue weighted by molar-refractivity contribution is 9.11. The highest BCUT2D eigenvalue weighted by Crippen LogP contribution is 2.54. The van der Waals surface area contributed by atoms with E-state index in [2.05, 4.69) is 64.5 Å². The van der Waals surface area contributed by atoms with Crippen molar-refractivity contribution >= 4 is 49.1 Å². The van der Waals surface area contributed by atoms with Crippen molar-refractivity contribution in [3.05, 3.63) is 89.1 Å². The molecule has 0 amide bonds. The summed E-state index contributed by atoms with van der Waals surface area (Å²) in [6.07, 6.45) is 2.42. The molecule has 0 fully saturated rings. The fourth-order valence-electron chi connectivity index (χ4n) is 6.25. The normalized spacial score (nSPS) is 20.4. The average molecular weight is 672 g/mol. The standard InChI is InChI=1S/C31H32Br2N2O5/c1-30(2)12-22-27(24(36)14-30)26(28-23(34(22)5)13-31(3,4)15-25(28)37)18-10-20(32)29(21(33)11-18)40-16-17-6-8-19(9-7-17)35(38)39/h6-11,26H,12-16H2,1-5H3. The minimum atomic E-state index is -0.440. The lowest BCUT2D eigenvalue weighted by molar-refractivity contribution is -0.384. The Kier molecular flexibility index (Phi) is 7.36.